The molecule has 4 atom stereocenters. The molecule has 2 fully saturated rings. The van der Waals surface area contributed by atoms with Gasteiger partial charge in [-0.2, -0.15) is 0 Å². The van der Waals surface area contributed by atoms with Gasteiger partial charge in [0.2, 0.25) is 18.1 Å². The van der Waals surface area contributed by atoms with Crippen molar-refractivity contribution < 1.29 is 33.4 Å². The first-order valence-electron chi connectivity index (χ1n) is 11.7. The van der Waals surface area contributed by atoms with E-state index in [1.165, 1.54) is 12.0 Å². The number of esters is 1. The molecule has 192 valence electrons. The van der Waals surface area contributed by atoms with E-state index in [-0.39, 0.29) is 34.7 Å². The van der Waals surface area contributed by atoms with Gasteiger partial charge in [0.05, 0.1) is 24.1 Å². The maximum absolute atomic E-state index is 13.5. The predicted octanol–water partition coefficient (Wildman–Crippen LogP) is 1.89. The number of halogens is 1. The quantitative estimate of drug-likeness (QED) is 0.487. The average molecular weight is 510 g/mol. The summed E-state index contributed by atoms with van der Waals surface area (Å²) in [5.74, 6) is -1.60. The molecule has 0 spiro atoms. The van der Waals surface area contributed by atoms with Crippen LogP contribution in [0.25, 0.3) is 0 Å². The largest absolute Gasteiger partial charge is 0.495 e. The van der Waals surface area contributed by atoms with Gasteiger partial charge in [-0.15, -0.1) is 0 Å². The summed E-state index contributed by atoms with van der Waals surface area (Å²) in [6, 6.07) is 2.61. The van der Waals surface area contributed by atoms with E-state index >= 15 is 0 Å². The molecule has 2 heterocycles. The van der Waals surface area contributed by atoms with Crippen LogP contribution in [0.2, 0.25) is 5.02 Å². The summed E-state index contributed by atoms with van der Waals surface area (Å²) >= 11 is 6.29. The molecule has 3 amide bonds. The Balaban J connectivity index is 1.72. The highest BCUT2D eigenvalue weighted by molar-refractivity contribution is 6.35. The molecule has 1 aromatic rings. The lowest BCUT2D eigenvalue weighted by atomic mass is 10.0. The van der Waals surface area contributed by atoms with Crippen molar-refractivity contribution in [2.24, 2.45) is 5.92 Å². The fourth-order valence-corrected chi connectivity index (χ4v) is 4.60. The lowest BCUT2D eigenvalue weighted by Gasteiger charge is -2.31. The zero-order valence-corrected chi connectivity index (χ0v) is 21.1. The van der Waals surface area contributed by atoms with E-state index in [9.17, 15) is 19.2 Å². The number of nitrogens with one attached hydrogen (secondary N) is 2. The Morgan fingerprint density at radius 2 is 2.03 bits per heavy atom. The molecule has 2 aliphatic rings. The van der Waals surface area contributed by atoms with E-state index in [0.29, 0.717) is 31.7 Å². The van der Waals surface area contributed by atoms with Crippen molar-refractivity contribution >= 4 is 35.3 Å². The topological polar surface area (TPSA) is 123 Å². The molecule has 0 radical (unpaired) electrons. The van der Waals surface area contributed by atoms with Gasteiger partial charge in [0.15, 0.2) is 0 Å². The Labute approximate surface area is 209 Å². The minimum Gasteiger partial charge on any atom is -0.495 e. The molecule has 0 saturated carbocycles. The molecule has 0 aliphatic carbocycles. The summed E-state index contributed by atoms with van der Waals surface area (Å²) in [4.78, 5) is 52.7. The van der Waals surface area contributed by atoms with Crippen LogP contribution in [-0.4, -0.2) is 73.3 Å². The number of rotatable bonds is 9. The number of likely N-dealkylation sites (tertiary alicyclic amines) is 1. The van der Waals surface area contributed by atoms with Gasteiger partial charge in [-0.1, -0.05) is 31.5 Å². The average Bonchev–Trinajstić information content (AvgIpc) is 3.44. The number of cyclic esters (lactones) is 1. The molecule has 0 unspecified atom stereocenters. The number of carbonyl (C=O) groups excluding carboxylic acids is 4. The van der Waals surface area contributed by atoms with E-state index in [1.807, 2.05) is 13.8 Å². The molecule has 2 aliphatic heterocycles. The summed E-state index contributed by atoms with van der Waals surface area (Å²) in [6.45, 7) is 6.10. The Bertz CT molecular complexity index is 970. The molecule has 2 saturated heterocycles. The maximum atomic E-state index is 13.5. The second-order valence-electron chi connectivity index (χ2n) is 8.84. The van der Waals surface area contributed by atoms with Crippen molar-refractivity contribution in [3.05, 3.63) is 28.8 Å². The van der Waals surface area contributed by atoms with Crippen molar-refractivity contribution in [3.63, 3.8) is 0 Å². The van der Waals surface area contributed by atoms with Gasteiger partial charge in [0.1, 0.15) is 23.9 Å². The van der Waals surface area contributed by atoms with E-state index in [1.54, 1.807) is 25.1 Å². The van der Waals surface area contributed by atoms with Crippen molar-refractivity contribution in [2.45, 2.75) is 64.4 Å². The molecule has 35 heavy (non-hydrogen) atoms. The summed E-state index contributed by atoms with van der Waals surface area (Å²) in [7, 11) is 1.45. The number of hydrogen-bond acceptors (Lipinski definition) is 7. The lowest BCUT2D eigenvalue weighted by Crippen LogP contribution is -2.56. The van der Waals surface area contributed by atoms with Crippen LogP contribution in [0.4, 0.5) is 0 Å². The summed E-state index contributed by atoms with van der Waals surface area (Å²) in [6.07, 6.45) is 0.263. The smallest absolute Gasteiger partial charge is 0.310 e. The molecule has 10 nitrogen and oxygen atoms in total. The SMILES string of the molecule is CCO[C@@H]1OC(=O)C[C@@H]1NC(=O)[C@@H]1CCCN1C(=O)[C@@H](NC(=O)c1cccc(OC)c1Cl)C(C)C. The fraction of sp³-hybridized carbons (Fsp3) is 0.583. The number of benzene rings is 1. The number of amides is 3. The summed E-state index contributed by atoms with van der Waals surface area (Å²) < 4.78 is 15.7. The van der Waals surface area contributed by atoms with E-state index in [4.69, 9.17) is 25.8 Å². The molecular formula is C24H32ClN3O7. The van der Waals surface area contributed by atoms with Gasteiger partial charge in [0.25, 0.3) is 5.91 Å². The van der Waals surface area contributed by atoms with Crippen LogP contribution in [-0.2, 0) is 23.9 Å². The van der Waals surface area contributed by atoms with Crippen LogP contribution >= 0.6 is 11.6 Å². The van der Waals surface area contributed by atoms with Crippen molar-refractivity contribution in [2.75, 3.05) is 20.3 Å². The van der Waals surface area contributed by atoms with Crippen molar-refractivity contribution in [1.82, 2.24) is 15.5 Å². The first-order valence-corrected chi connectivity index (χ1v) is 12.1. The van der Waals surface area contributed by atoms with Crippen molar-refractivity contribution in [3.8, 4) is 5.75 Å². The fourth-order valence-electron chi connectivity index (χ4n) is 4.31. The molecule has 1 aromatic carbocycles. The first kappa shape index (κ1) is 26.7. The van der Waals surface area contributed by atoms with Gasteiger partial charge in [0, 0.05) is 13.2 Å². The highest BCUT2D eigenvalue weighted by atomic mass is 35.5. The second-order valence-corrected chi connectivity index (χ2v) is 9.22. The third-order valence-corrected chi connectivity index (χ3v) is 6.50. The minimum atomic E-state index is -0.870. The molecule has 0 bridgehead atoms. The zero-order valence-electron chi connectivity index (χ0n) is 20.3. The van der Waals surface area contributed by atoms with E-state index in [2.05, 4.69) is 10.6 Å². The number of nitrogens with zero attached hydrogens (tertiary/aromatic N) is 1. The third kappa shape index (κ3) is 6.05. The second kappa shape index (κ2) is 11.7. The molecule has 0 aromatic heterocycles. The Hall–Kier alpha value is -2.85. The van der Waals surface area contributed by atoms with Crippen LogP contribution in [0.5, 0.6) is 5.75 Å². The normalized spacial score (nSPS) is 22.6. The van der Waals surface area contributed by atoms with Crippen LogP contribution in [0, 0.1) is 5.92 Å². The standard InChI is InChI=1S/C24H32ClN3O7/c1-5-34-24-15(12-18(29)35-24)26-22(31)16-9-7-11-28(16)23(32)20(13(2)3)27-21(30)14-8-6-10-17(33-4)19(14)25/h6,8,10,13,15-16,20,24H,5,7,9,11-12H2,1-4H3,(H,26,31)(H,27,30)/t15-,16-,20-,24+/m0/s1. The Morgan fingerprint density at radius 1 is 1.29 bits per heavy atom. The van der Waals surface area contributed by atoms with Gasteiger partial charge in [-0.3, -0.25) is 19.2 Å². The molecule has 3 rings (SSSR count). The van der Waals surface area contributed by atoms with E-state index < -0.39 is 36.3 Å². The third-order valence-electron chi connectivity index (χ3n) is 6.11. The Kier molecular flexibility index (Phi) is 8.96. The van der Waals surface area contributed by atoms with Gasteiger partial charge in [-0.25, -0.2) is 0 Å². The lowest BCUT2D eigenvalue weighted by molar-refractivity contribution is -0.164. The molecule has 11 heteroatoms. The first-order chi connectivity index (χ1) is 16.7. The van der Waals surface area contributed by atoms with Crippen LogP contribution in [0.1, 0.15) is 50.4 Å². The van der Waals surface area contributed by atoms with Crippen LogP contribution < -0.4 is 15.4 Å². The van der Waals surface area contributed by atoms with Gasteiger partial charge >= 0.3 is 5.97 Å². The zero-order chi connectivity index (χ0) is 25.7. The van der Waals surface area contributed by atoms with E-state index in [0.717, 1.165) is 0 Å². The maximum Gasteiger partial charge on any atom is 0.310 e. The number of methoxy groups -OCH3 is 1. The number of carbonyl (C=O) groups is 4. The Morgan fingerprint density at radius 3 is 2.69 bits per heavy atom. The monoisotopic (exact) mass is 509 g/mol. The highest BCUT2D eigenvalue weighted by Gasteiger charge is 2.42. The van der Waals surface area contributed by atoms with Crippen molar-refractivity contribution in [1.29, 1.82) is 0 Å². The van der Waals surface area contributed by atoms with Crippen LogP contribution in [0.3, 0.4) is 0 Å². The summed E-state index contributed by atoms with van der Waals surface area (Å²) in [5.41, 5.74) is 0.188. The predicted molar refractivity (Wildman–Crippen MR) is 127 cm³/mol. The molecule has 2 N–H and O–H groups in total. The van der Waals surface area contributed by atoms with Gasteiger partial charge in [-0.05, 0) is 37.8 Å². The highest BCUT2D eigenvalue weighted by Crippen LogP contribution is 2.28. The number of ether oxygens (including phenoxy) is 3. The number of hydrogen-bond donors (Lipinski definition) is 2. The minimum absolute atomic E-state index is 0.00302. The van der Waals surface area contributed by atoms with Crippen LogP contribution in [0.15, 0.2) is 18.2 Å². The van der Waals surface area contributed by atoms with Gasteiger partial charge < -0.3 is 29.7 Å². The molecular weight excluding hydrogens is 478 g/mol. The summed E-state index contributed by atoms with van der Waals surface area (Å²) in [5, 5.41) is 5.73.